The Hall–Kier alpha value is -2.08. The maximum atomic E-state index is 12.4. The van der Waals surface area contributed by atoms with Gasteiger partial charge in [0, 0.05) is 13.1 Å². The van der Waals surface area contributed by atoms with Crippen molar-refractivity contribution in [2.75, 3.05) is 13.1 Å². The molecule has 2 rings (SSSR count). The molecule has 3 nitrogen and oxygen atoms in total. The summed E-state index contributed by atoms with van der Waals surface area (Å²) < 4.78 is 0. The van der Waals surface area contributed by atoms with E-state index in [-0.39, 0.29) is 16.9 Å². The van der Waals surface area contributed by atoms with Gasteiger partial charge in [-0.2, -0.15) is 5.26 Å². The zero-order valence-electron chi connectivity index (χ0n) is 13.7. The molecular formula is C19H24N2O. The second kappa shape index (κ2) is 6.79. The van der Waals surface area contributed by atoms with Gasteiger partial charge in [-0.3, -0.25) is 4.79 Å². The van der Waals surface area contributed by atoms with Crippen LogP contribution in [0.4, 0.5) is 0 Å². The Morgan fingerprint density at radius 2 is 1.73 bits per heavy atom. The summed E-state index contributed by atoms with van der Waals surface area (Å²) in [6.45, 7) is 8.02. The third-order valence-electron chi connectivity index (χ3n) is 4.08. The highest BCUT2D eigenvalue weighted by Crippen LogP contribution is 2.23. The lowest BCUT2D eigenvalue weighted by Crippen LogP contribution is -2.36. The molecule has 1 aliphatic heterocycles. The van der Waals surface area contributed by atoms with E-state index in [4.69, 9.17) is 0 Å². The van der Waals surface area contributed by atoms with Crippen molar-refractivity contribution in [1.29, 1.82) is 5.26 Å². The lowest BCUT2D eigenvalue weighted by molar-refractivity contribution is -0.127. The summed E-state index contributed by atoms with van der Waals surface area (Å²) in [6, 6.07) is 10.1. The fraction of sp³-hybridized carbons (Fsp3) is 0.474. The Morgan fingerprint density at radius 1 is 1.14 bits per heavy atom. The van der Waals surface area contributed by atoms with Crippen LogP contribution in [-0.4, -0.2) is 23.9 Å². The molecular weight excluding hydrogens is 272 g/mol. The number of nitriles is 1. The van der Waals surface area contributed by atoms with Crippen molar-refractivity contribution in [2.45, 2.75) is 45.4 Å². The minimum Gasteiger partial charge on any atom is -0.338 e. The van der Waals surface area contributed by atoms with Crippen LogP contribution in [-0.2, 0) is 10.2 Å². The summed E-state index contributed by atoms with van der Waals surface area (Å²) in [5.74, 6) is -0.137. The SMILES string of the molecule is CC(C)(C)c1ccc(/C=C(\C#N)C(=O)N2CCCCC2)cc1. The van der Waals surface area contributed by atoms with E-state index >= 15 is 0 Å². The van der Waals surface area contributed by atoms with E-state index in [9.17, 15) is 10.1 Å². The molecule has 0 bridgehead atoms. The van der Waals surface area contributed by atoms with Gasteiger partial charge in [-0.15, -0.1) is 0 Å². The van der Waals surface area contributed by atoms with E-state index in [1.165, 1.54) is 12.0 Å². The van der Waals surface area contributed by atoms with Crippen molar-refractivity contribution in [1.82, 2.24) is 4.90 Å². The normalized spacial score (nSPS) is 16.3. The monoisotopic (exact) mass is 296 g/mol. The van der Waals surface area contributed by atoms with Gasteiger partial charge in [-0.25, -0.2) is 0 Å². The topological polar surface area (TPSA) is 44.1 Å². The third kappa shape index (κ3) is 3.98. The number of likely N-dealkylation sites (tertiary alicyclic amines) is 1. The molecule has 1 aromatic rings. The number of benzene rings is 1. The Labute approximate surface area is 133 Å². The van der Waals surface area contributed by atoms with Crippen molar-refractivity contribution < 1.29 is 4.79 Å². The van der Waals surface area contributed by atoms with Crippen LogP contribution < -0.4 is 0 Å². The number of hydrogen-bond acceptors (Lipinski definition) is 2. The predicted molar refractivity (Wildman–Crippen MR) is 89.2 cm³/mol. The van der Waals surface area contributed by atoms with Gasteiger partial charge < -0.3 is 4.90 Å². The van der Waals surface area contributed by atoms with Gasteiger partial charge in [0.25, 0.3) is 5.91 Å². The number of carbonyl (C=O) groups excluding carboxylic acids is 1. The van der Waals surface area contributed by atoms with Crippen LogP contribution in [0.25, 0.3) is 6.08 Å². The maximum absolute atomic E-state index is 12.4. The predicted octanol–water partition coefficient (Wildman–Crippen LogP) is 3.90. The minimum absolute atomic E-state index is 0.101. The van der Waals surface area contributed by atoms with Crippen molar-refractivity contribution in [2.24, 2.45) is 0 Å². The van der Waals surface area contributed by atoms with E-state index in [1.807, 2.05) is 12.1 Å². The molecule has 1 aliphatic rings. The van der Waals surface area contributed by atoms with E-state index < -0.39 is 0 Å². The first-order valence-corrected chi connectivity index (χ1v) is 7.93. The molecule has 0 aliphatic carbocycles. The summed E-state index contributed by atoms with van der Waals surface area (Å²) in [5, 5.41) is 9.31. The van der Waals surface area contributed by atoms with Gasteiger partial charge in [0.1, 0.15) is 11.6 Å². The van der Waals surface area contributed by atoms with Crippen molar-refractivity contribution >= 4 is 12.0 Å². The summed E-state index contributed by atoms with van der Waals surface area (Å²) in [7, 11) is 0. The van der Waals surface area contributed by atoms with E-state index in [1.54, 1.807) is 11.0 Å². The first-order valence-electron chi connectivity index (χ1n) is 7.93. The summed E-state index contributed by atoms with van der Waals surface area (Å²) in [6.07, 6.45) is 4.93. The van der Waals surface area contributed by atoms with Crippen LogP contribution in [0, 0.1) is 11.3 Å². The lowest BCUT2D eigenvalue weighted by atomic mass is 9.86. The van der Waals surface area contributed by atoms with Gasteiger partial charge in [0.05, 0.1) is 0 Å². The summed E-state index contributed by atoms with van der Waals surface area (Å²) in [4.78, 5) is 14.2. The highest BCUT2D eigenvalue weighted by Gasteiger charge is 2.20. The molecule has 1 saturated heterocycles. The number of nitrogens with zero attached hydrogens (tertiary/aromatic N) is 2. The minimum atomic E-state index is -0.137. The summed E-state index contributed by atoms with van der Waals surface area (Å²) >= 11 is 0. The van der Waals surface area contributed by atoms with E-state index in [0.29, 0.717) is 0 Å². The molecule has 22 heavy (non-hydrogen) atoms. The fourth-order valence-electron chi connectivity index (χ4n) is 2.66. The smallest absolute Gasteiger partial charge is 0.264 e. The summed E-state index contributed by atoms with van der Waals surface area (Å²) in [5.41, 5.74) is 2.47. The third-order valence-corrected chi connectivity index (χ3v) is 4.08. The Bertz CT molecular complexity index is 594. The molecule has 0 unspecified atom stereocenters. The fourth-order valence-corrected chi connectivity index (χ4v) is 2.66. The molecule has 1 fully saturated rings. The Balaban J connectivity index is 2.18. The maximum Gasteiger partial charge on any atom is 0.264 e. The van der Waals surface area contributed by atoms with Gasteiger partial charge in [0.15, 0.2) is 0 Å². The Kier molecular flexibility index (Phi) is 5.03. The Morgan fingerprint density at radius 3 is 2.23 bits per heavy atom. The number of hydrogen-bond donors (Lipinski definition) is 0. The average molecular weight is 296 g/mol. The van der Waals surface area contributed by atoms with Crippen LogP contribution in [0.3, 0.4) is 0 Å². The first kappa shape index (κ1) is 16.3. The first-order chi connectivity index (χ1) is 10.4. The van der Waals surface area contributed by atoms with Crippen LogP contribution in [0.15, 0.2) is 29.8 Å². The second-order valence-corrected chi connectivity index (χ2v) is 6.89. The lowest BCUT2D eigenvalue weighted by Gasteiger charge is -2.26. The molecule has 1 aromatic carbocycles. The number of rotatable bonds is 2. The van der Waals surface area contributed by atoms with Crippen LogP contribution >= 0.6 is 0 Å². The zero-order valence-corrected chi connectivity index (χ0v) is 13.7. The molecule has 0 N–H and O–H groups in total. The number of carbonyl (C=O) groups is 1. The molecule has 1 amide bonds. The van der Waals surface area contributed by atoms with Crippen molar-refractivity contribution in [3.05, 3.63) is 41.0 Å². The van der Waals surface area contributed by atoms with Gasteiger partial charge >= 0.3 is 0 Å². The molecule has 0 atom stereocenters. The highest BCUT2D eigenvalue weighted by molar-refractivity contribution is 6.01. The molecule has 3 heteroatoms. The molecule has 0 spiro atoms. The van der Waals surface area contributed by atoms with Crippen LogP contribution in [0.2, 0.25) is 0 Å². The highest BCUT2D eigenvalue weighted by atomic mass is 16.2. The van der Waals surface area contributed by atoms with Crippen LogP contribution in [0.5, 0.6) is 0 Å². The molecule has 116 valence electrons. The van der Waals surface area contributed by atoms with E-state index in [2.05, 4.69) is 39.0 Å². The number of amides is 1. The number of piperidine rings is 1. The molecule has 1 heterocycles. The van der Waals surface area contributed by atoms with Gasteiger partial charge in [0.2, 0.25) is 0 Å². The molecule has 0 radical (unpaired) electrons. The molecule has 0 saturated carbocycles. The van der Waals surface area contributed by atoms with E-state index in [0.717, 1.165) is 31.5 Å². The zero-order chi connectivity index (χ0) is 16.2. The van der Waals surface area contributed by atoms with Crippen LogP contribution in [0.1, 0.15) is 51.2 Å². The van der Waals surface area contributed by atoms with Gasteiger partial charge in [-0.05, 0) is 41.9 Å². The quantitative estimate of drug-likeness (QED) is 0.613. The van der Waals surface area contributed by atoms with Crippen molar-refractivity contribution in [3.63, 3.8) is 0 Å². The van der Waals surface area contributed by atoms with Gasteiger partial charge in [-0.1, -0.05) is 45.0 Å². The standard InChI is InChI=1S/C19H24N2O/c1-19(2,3)17-9-7-15(8-10-17)13-16(14-20)18(22)21-11-5-4-6-12-21/h7-10,13H,4-6,11-12H2,1-3H3/b16-13+. The largest absolute Gasteiger partial charge is 0.338 e. The molecule has 0 aromatic heterocycles. The van der Waals surface area contributed by atoms with Crippen molar-refractivity contribution in [3.8, 4) is 6.07 Å². The average Bonchev–Trinajstić information content (AvgIpc) is 2.52. The second-order valence-electron chi connectivity index (χ2n) is 6.89.